The van der Waals surface area contributed by atoms with E-state index in [0.29, 0.717) is 11.4 Å². The molecule has 4 rings (SSSR count). The SMILES string of the molecule is Nc1cn(-c2ccccc2)nc1NC(=O)c1ccc(C(F)C(=O)Nc2ccccc2)cc1. The second-order valence-electron chi connectivity index (χ2n) is 7.01. The summed E-state index contributed by atoms with van der Waals surface area (Å²) >= 11 is 0. The van der Waals surface area contributed by atoms with E-state index in [9.17, 15) is 14.0 Å². The number of para-hydroxylation sites is 2. The van der Waals surface area contributed by atoms with Gasteiger partial charge in [0, 0.05) is 11.3 Å². The fourth-order valence-electron chi connectivity index (χ4n) is 3.06. The molecule has 160 valence electrons. The molecule has 0 saturated heterocycles. The number of hydrogen-bond acceptors (Lipinski definition) is 4. The highest BCUT2D eigenvalue weighted by molar-refractivity contribution is 6.05. The molecule has 1 unspecified atom stereocenters. The Morgan fingerprint density at radius 3 is 2.16 bits per heavy atom. The van der Waals surface area contributed by atoms with E-state index in [1.165, 1.54) is 24.3 Å². The van der Waals surface area contributed by atoms with E-state index in [4.69, 9.17) is 5.73 Å². The summed E-state index contributed by atoms with van der Waals surface area (Å²) in [5.41, 5.74) is 8.00. The summed E-state index contributed by atoms with van der Waals surface area (Å²) in [7, 11) is 0. The van der Waals surface area contributed by atoms with Crippen LogP contribution < -0.4 is 16.4 Å². The van der Waals surface area contributed by atoms with Crippen LogP contribution in [-0.2, 0) is 4.79 Å². The zero-order valence-corrected chi connectivity index (χ0v) is 16.9. The molecular weight excluding hydrogens is 409 g/mol. The minimum Gasteiger partial charge on any atom is -0.394 e. The number of nitrogens with one attached hydrogen (secondary N) is 2. The van der Waals surface area contributed by atoms with Gasteiger partial charge in [-0.2, -0.15) is 0 Å². The number of amides is 2. The van der Waals surface area contributed by atoms with E-state index in [-0.39, 0.29) is 16.9 Å². The van der Waals surface area contributed by atoms with Gasteiger partial charge in [0.15, 0.2) is 5.82 Å². The number of nitrogen functional groups attached to an aromatic ring is 1. The topological polar surface area (TPSA) is 102 Å². The molecule has 8 heteroatoms. The van der Waals surface area contributed by atoms with Crippen molar-refractivity contribution < 1.29 is 14.0 Å². The molecule has 0 radical (unpaired) electrons. The van der Waals surface area contributed by atoms with Crippen LogP contribution in [0.4, 0.5) is 21.6 Å². The Morgan fingerprint density at radius 1 is 0.875 bits per heavy atom. The molecule has 0 aliphatic heterocycles. The van der Waals surface area contributed by atoms with Gasteiger partial charge in [-0.15, -0.1) is 5.10 Å². The number of nitrogens with two attached hydrogens (primary N) is 1. The van der Waals surface area contributed by atoms with Gasteiger partial charge >= 0.3 is 0 Å². The van der Waals surface area contributed by atoms with Crippen LogP contribution in [0.3, 0.4) is 0 Å². The molecule has 7 nitrogen and oxygen atoms in total. The number of carbonyl (C=O) groups excluding carboxylic acids is 2. The van der Waals surface area contributed by atoms with Crippen molar-refractivity contribution in [3.63, 3.8) is 0 Å². The molecule has 0 aliphatic carbocycles. The van der Waals surface area contributed by atoms with Gasteiger partial charge in [-0.1, -0.05) is 48.5 Å². The standard InChI is InChI=1S/C24H20FN5O2/c25-21(24(32)27-18-7-3-1-4-8-18)16-11-13-17(14-12-16)23(31)28-22-20(26)15-30(29-22)19-9-5-2-6-10-19/h1-15,21H,26H2,(H,27,32)(H,28,29,31). The number of benzene rings is 3. The van der Waals surface area contributed by atoms with Gasteiger partial charge in [0.05, 0.1) is 17.6 Å². The van der Waals surface area contributed by atoms with Crippen molar-refractivity contribution >= 4 is 29.0 Å². The Balaban J connectivity index is 1.42. The highest BCUT2D eigenvalue weighted by atomic mass is 19.1. The Labute approximate surface area is 183 Å². The lowest BCUT2D eigenvalue weighted by Gasteiger charge is -2.10. The molecule has 32 heavy (non-hydrogen) atoms. The van der Waals surface area contributed by atoms with Crippen molar-refractivity contribution in [2.24, 2.45) is 0 Å². The molecule has 1 heterocycles. The largest absolute Gasteiger partial charge is 0.394 e. The number of hydrogen-bond donors (Lipinski definition) is 3. The first kappa shape index (κ1) is 20.8. The van der Waals surface area contributed by atoms with Crippen molar-refractivity contribution in [2.45, 2.75) is 6.17 Å². The molecule has 4 N–H and O–H groups in total. The van der Waals surface area contributed by atoms with E-state index >= 15 is 0 Å². The molecule has 1 atom stereocenters. The number of rotatable bonds is 6. The van der Waals surface area contributed by atoms with E-state index in [2.05, 4.69) is 15.7 Å². The molecule has 3 aromatic carbocycles. The predicted molar refractivity (Wildman–Crippen MR) is 121 cm³/mol. The number of anilines is 3. The molecule has 0 fully saturated rings. The first-order valence-corrected chi connectivity index (χ1v) is 9.83. The third-order valence-electron chi connectivity index (χ3n) is 4.73. The first-order chi connectivity index (χ1) is 15.5. The van der Waals surface area contributed by atoms with Crippen molar-refractivity contribution in [3.8, 4) is 5.69 Å². The molecule has 0 spiro atoms. The molecular formula is C24H20FN5O2. The summed E-state index contributed by atoms with van der Waals surface area (Å²) in [6, 6.07) is 23.6. The minimum atomic E-state index is -1.87. The fraction of sp³-hybridized carbons (Fsp3) is 0.0417. The molecule has 1 aromatic heterocycles. The van der Waals surface area contributed by atoms with E-state index < -0.39 is 18.0 Å². The second kappa shape index (κ2) is 9.13. The summed E-state index contributed by atoms with van der Waals surface area (Å²) in [6.45, 7) is 0. The maximum absolute atomic E-state index is 14.6. The Hall–Kier alpha value is -4.46. The average Bonchev–Trinajstić information content (AvgIpc) is 3.20. The minimum absolute atomic E-state index is 0.142. The Bertz CT molecular complexity index is 1220. The van der Waals surface area contributed by atoms with Crippen molar-refractivity contribution in [1.82, 2.24) is 9.78 Å². The number of alkyl halides is 1. The van der Waals surface area contributed by atoms with Gasteiger partial charge in [0.2, 0.25) is 6.17 Å². The van der Waals surface area contributed by atoms with Gasteiger partial charge in [0.25, 0.3) is 11.8 Å². The van der Waals surface area contributed by atoms with Crippen LogP contribution in [0.15, 0.2) is 91.1 Å². The first-order valence-electron chi connectivity index (χ1n) is 9.83. The van der Waals surface area contributed by atoms with Crippen LogP contribution in [0.2, 0.25) is 0 Å². The lowest BCUT2D eigenvalue weighted by atomic mass is 10.1. The maximum atomic E-state index is 14.6. The van der Waals surface area contributed by atoms with E-state index in [1.807, 2.05) is 30.3 Å². The molecule has 0 saturated carbocycles. The molecule has 0 aliphatic rings. The lowest BCUT2D eigenvalue weighted by molar-refractivity contribution is -0.121. The number of aromatic nitrogens is 2. The van der Waals surface area contributed by atoms with Gasteiger partial charge in [-0.05, 0) is 42.0 Å². The predicted octanol–water partition coefficient (Wildman–Crippen LogP) is 4.36. The Morgan fingerprint density at radius 2 is 1.50 bits per heavy atom. The zero-order valence-electron chi connectivity index (χ0n) is 16.9. The van der Waals surface area contributed by atoms with Crippen LogP contribution in [0, 0.1) is 0 Å². The zero-order chi connectivity index (χ0) is 22.5. The maximum Gasteiger partial charge on any atom is 0.263 e. The van der Waals surface area contributed by atoms with E-state index in [0.717, 1.165) is 5.69 Å². The van der Waals surface area contributed by atoms with Crippen LogP contribution in [0.5, 0.6) is 0 Å². The van der Waals surface area contributed by atoms with Crippen molar-refractivity contribution in [3.05, 3.63) is 102 Å². The van der Waals surface area contributed by atoms with Gasteiger partial charge in [-0.25, -0.2) is 9.07 Å². The third kappa shape index (κ3) is 4.65. The summed E-state index contributed by atoms with van der Waals surface area (Å²) in [4.78, 5) is 24.7. The fourth-order valence-corrected chi connectivity index (χ4v) is 3.06. The summed E-state index contributed by atoms with van der Waals surface area (Å²) < 4.78 is 16.1. The highest BCUT2D eigenvalue weighted by Gasteiger charge is 2.20. The van der Waals surface area contributed by atoms with Gasteiger partial charge < -0.3 is 16.4 Å². The summed E-state index contributed by atoms with van der Waals surface area (Å²) in [5.74, 6) is -1.02. The number of halogens is 1. The van der Waals surface area contributed by atoms with Crippen LogP contribution in [0.25, 0.3) is 5.69 Å². The van der Waals surface area contributed by atoms with Crippen molar-refractivity contribution in [2.75, 3.05) is 16.4 Å². The summed E-state index contributed by atoms with van der Waals surface area (Å²) in [5, 5.41) is 9.47. The smallest absolute Gasteiger partial charge is 0.263 e. The van der Waals surface area contributed by atoms with Crippen LogP contribution >= 0.6 is 0 Å². The highest BCUT2D eigenvalue weighted by Crippen LogP contribution is 2.22. The number of carbonyl (C=O) groups is 2. The number of nitrogens with zero attached hydrogens (tertiary/aromatic N) is 2. The van der Waals surface area contributed by atoms with Gasteiger partial charge in [-0.3, -0.25) is 9.59 Å². The second-order valence-corrected chi connectivity index (χ2v) is 7.01. The third-order valence-corrected chi connectivity index (χ3v) is 4.73. The molecule has 4 aromatic rings. The monoisotopic (exact) mass is 429 g/mol. The normalized spacial score (nSPS) is 11.5. The molecule has 2 amide bonds. The average molecular weight is 429 g/mol. The van der Waals surface area contributed by atoms with Crippen LogP contribution in [0.1, 0.15) is 22.1 Å². The quantitative estimate of drug-likeness (QED) is 0.424. The van der Waals surface area contributed by atoms with Gasteiger partial charge in [0.1, 0.15) is 0 Å². The van der Waals surface area contributed by atoms with Crippen LogP contribution in [-0.4, -0.2) is 21.6 Å². The molecule has 0 bridgehead atoms. The lowest BCUT2D eigenvalue weighted by Crippen LogP contribution is -2.18. The van der Waals surface area contributed by atoms with Crippen molar-refractivity contribution in [1.29, 1.82) is 0 Å². The summed E-state index contributed by atoms with van der Waals surface area (Å²) in [6.07, 6.45) is -0.267. The Kier molecular flexibility index (Phi) is 5.94. The van der Waals surface area contributed by atoms with E-state index in [1.54, 1.807) is 41.2 Å².